The zero-order chi connectivity index (χ0) is 21.6. The summed E-state index contributed by atoms with van der Waals surface area (Å²) < 4.78 is 5.84. The van der Waals surface area contributed by atoms with Gasteiger partial charge in [-0.3, -0.25) is 14.6 Å². The first kappa shape index (κ1) is 21.2. The Morgan fingerprint density at radius 2 is 1.84 bits per heavy atom. The third kappa shape index (κ3) is 3.75. The lowest BCUT2D eigenvalue weighted by atomic mass is 9.55. The van der Waals surface area contributed by atoms with Gasteiger partial charge in [-0.2, -0.15) is 0 Å². The highest BCUT2D eigenvalue weighted by atomic mass is 16.6. The van der Waals surface area contributed by atoms with Crippen LogP contribution in [0.25, 0.3) is 0 Å². The predicted molar refractivity (Wildman–Crippen MR) is 120 cm³/mol. The first-order valence-corrected chi connectivity index (χ1v) is 12.0. The number of carbonyl (C=O) groups is 1. The summed E-state index contributed by atoms with van der Waals surface area (Å²) in [5.74, 6) is 0.0309. The van der Waals surface area contributed by atoms with Crippen molar-refractivity contribution in [3.8, 4) is 0 Å². The maximum Gasteiger partial charge on any atom is 0.311 e. The van der Waals surface area contributed by atoms with Gasteiger partial charge in [0.05, 0.1) is 12.0 Å². The molecule has 2 heterocycles. The first-order valence-electron chi connectivity index (χ1n) is 12.0. The Hall–Kier alpha value is -1.69. The molecule has 1 saturated carbocycles. The van der Waals surface area contributed by atoms with Gasteiger partial charge in [0.25, 0.3) is 0 Å². The number of hydrogen-bond acceptors (Lipinski definition) is 5. The average Bonchev–Trinajstić information content (AvgIpc) is 3.07. The van der Waals surface area contributed by atoms with Crippen LogP contribution in [0.4, 0.5) is 0 Å². The number of allylic oxidation sites excluding steroid dienone is 1. The van der Waals surface area contributed by atoms with Gasteiger partial charge in [0.2, 0.25) is 0 Å². The van der Waals surface area contributed by atoms with E-state index in [-0.39, 0.29) is 29.3 Å². The molecule has 5 rings (SSSR count). The molecule has 168 valence electrons. The lowest BCUT2D eigenvalue weighted by molar-refractivity contribution is -0.145. The molecule has 2 aliphatic heterocycles. The van der Waals surface area contributed by atoms with E-state index >= 15 is 0 Å². The van der Waals surface area contributed by atoms with Crippen LogP contribution in [0.3, 0.4) is 0 Å². The second-order valence-corrected chi connectivity index (χ2v) is 10.4. The number of ether oxygens (including phenoxy) is 1. The van der Waals surface area contributed by atoms with Crippen molar-refractivity contribution in [1.82, 2.24) is 9.80 Å². The molecule has 0 bridgehead atoms. The van der Waals surface area contributed by atoms with E-state index in [4.69, 9.17) is 4.74 Å². The smallest absolute Gasteiger partial charge is 0.311 e. The van der Waals surface area contributed by atoms with Crippen molar-refractivity contribution in [3.63, 3.8) is 0 Å². The van der Waals surface area contributed by atoms with Gasteiger partial charge in [0, 0.05) is 57.0 Å². The predicted octanol–water partition coefficient (Wildman–Crippen LogP) is 3.09. The number of aliphatic hydroxyl groups excluding tert-OH is 1. The topological polar surface area (TPSA) is 53.0 Å². The van der Waals surface area contributed by atoms with Crippen molar-refractivity contribution in [3.05, 3.63) is 47.5 Å². The van der Waals surface area contributed by atoms with Crippen molar-refractivity contribution in [1.29, 1.82) is 0 Å². The lowest BCUT2D eigenvalue weighted by Gasteiger charge is -2.52. The summed E-state index contributed by atoms with van der Waals surface area (Å²) in [6.45, 7) is 10.1. The highest BCUT2D eigenvalue weighted by molar-refractivity contribution is 5.76. The zero-order valence-electron chi connectivity index (χ0n) is 18.9. The summed E-state index contributed by atoms with van der Waals surface area (Å²) in [6.07, 6.45) is 4.61. The second kappa shape index (κ2) is 8.34. The third-order valence-electron chi connectivity index (χ3n) is 8.74. The zero-order valence-corrected chi connectivity index (χ0v) is 18.9. The van der Waals surface area contributed by atoms with E-state index in [1.165, 1.54) is 11.1 Å². The molecule has 0 radical (unpaired) electrons. The highest BCUT2D eigenvalue weighted by Gasteiger charge is 2.59. The molecule has 31 heavy (non-hydrogen) atoms. The minimum absolute atomic E-state index is 0.0856. The van der Waals surface area contributed by atoms with Gasteiger partial charge >= 0.3 is 5.97 Å². The number of hydrogen-bond donors (Lipinski definition) is 1. The fourth-order valence-electron chi connectivity index (χ4n) is 6.52. The van der Waals surface area contributed by atoms with Gasteiger partial charge in [-0.1, -0.05) is 55.8 Å². The molecule has 2 aliphatic carbocycles. The Morgan fingerprint density at radius 3 is 2.58 bits per heavy atom. The van der Waals surface area contributed by atoms with E-state index in [2.05, 4.69) is 60.1 Å². The van der Waals surface area contributed by atoms with Crippen LogP contribution in [0.2, 0.25) is 0 Å². The minimum Gasteiger partial charge on any atom is -0.461 e. The molecule has 6 atom stereocenters. The minimum atomic E-state index is -0.511. The largest absolute Gasteiger partial charge is 0.461 e. The van der Waals surface area contributed by atoms with Crippen LogP contribution in [-0.2, 0) is 16.1 Å². The average molecular weight is 425 g/mol. The Balaban J connectivity index is 1.24. The molecule has 1 aromatic rings. The normalized spacial score (nSPS) is 38.9. The van der Waals surface area contributed by atoms with Crippen LogP contribution >= 0.6 is 0 Å². The first-order chi connectivity index (χ1) is 15.0. The Bertz CT molecular complexity index is 832. The molecule has 0 unspecified atom stereocenters. The number of nitrogens with zero attached hydrogens (tertiary/aromatic N) is 2. The number of fused-ring (bicyclic) bond motifs is 2. The molecular formula is C26H36N2O3. The van der Waals surface area contributed by atoms with E-state index in [1.807, 2.05) is 0 Å². The number of piperazine rings is 1. The molecular weight excluding hydrogens is 388 g/mol. The fourth-order valence-corrected chi connectivity index (χ4v) is 6.52. The van der Waals surface area contributed by atoms with Crippen LogP contribution < -0.4 is 0 Å². The monoisotopic (exact) mass is 424 g/mol. The van der Waals surface area contributed by atoms with E-state index in [9.17, 15) is 9.90 Å². The molecule has 1 N–H and O–H groups in total. The third-order valence-corrected chi connectivity index (χ3v) is 8.74. The van der Waals surface area contributed by atoms with Crippen molar-refractivity contribution in [2.45, 2.75) is 51.9 Å². The molecule has 0 spiro atoms. The van der Waals surface area contributed by atoms with Gasteiger partial charge in [-0.15, -0.1) is 0 Å². The van der Waals surface area contributed by atoms with Crippen LogP contribution in [0, 0.1) is 23.2 Å². The van der Waals surface area contributed by atoms with Gasteiger partial charge < -0.3 is 9.84 Å². The Morgan fingerprint density at radius 1 is 1.13 bits per heavy atom. The second-order valence-electron chi connectivity index (χ2n) is 10.4. The molecule has 4 aliphatic rings. The van der Waals surface area contributed by atoms with E-state index < -0.39 is 6.10 Å². The summed E-state index contributed by atoms with van der Waals surface area (Å²) in [6, 6.07) is 10.6. The van der Waals surface area contributed by atoms with Gasteiger partial charge in [0.1, 0.15) is 6.10 Å². The van der Waals surface area contributed by atoms with Gasteiger partial charge in [-0.25, -0.2) is 0 Å². The highest BCUT2D eigenvalue weighted by Crippen LogP contribution is 2.56. The number of esters is 1. The fraction of sp³-hybridized carbons (Fsp3) is 0.654. The van der Waals surface area contributed by atoms with Crippen LogP contribution in [0.5, 0.6) is 0 Å². The van der Waals surface area contributed by atoms with Crippen molar-refractivity contribution in [2.24, 2.45) is 23.2 Å². The standard InChI is InChI=1S/C26H36N2O3/c1-18-7-6-10-20-15-22-23(24(29)26(18,20)2)21(25(30)31-22)17-28-13-11-27(12-14-28)16-19-8-4-3-5-9-19/h3-5,8-10,18,21-24,29H,6-7,11-17H2,1-2H3/t18-,21-,22-,23+,24+,26-/m1/s1. The molecule has 3 fully saturated rings. The molecule has 0 aromatic heterocycles. The van der Waals surface area contributed by atoms with Crippen molar-refractivity contribution >= 4 is 5.97 Å². The van der Waals surface area contributed by atoms with Crippen LogP contribution in [-0.4, -0.2) is 65.8 Å². The lowest BCUT2D eigenvalue weighted by Crippen LogP contribution is -2.55. The number of benzene rings is 1. The maximum absolute atomic E-state index is 12.9. The molecule has 5 heteroatoms. The van der Waals surface area contributed by atoms with Gasteiger partial charge in [0.15, 0.2) is 0 Å². The summed E-state index contributed by atoms with van der Waals surface area (Å²) in [5.41, 5.74) is 2.44. The van der Waals surface area contributed by atoms with Crippen LogP contribution in [0.1, 0.15) is 38.7 Å². The summed E-state index contributed by atoms with van der Waals surface area (Å²) in [4.78, 5) is 17.8. The Labute approximate surface area is 186 Å². The van der Waals surface area contributed by atoms with E-state index in [0.717, 1.165) is 52.0 Å². The molecule has 1 aromatic carbocycles. The quantitative estimate of drug-likeness (QED) is 0.595. The SMILES string of the molecule is C[C@@H]1CCC=C2C[C@H]3OC(=O)[C@H](CN4CCN(Cc5ccccc5)CC4)[C@@H]3[C@H](O)[C@@]21C. The number of aliphatic hydroxyl groups is 1. The van der Waals surface area contributed by atoms with Crippen molar-refractivity contribution < 1.29 is 14.6 Å². The molecule has 5 nitrogen and oxygen atoms in total. The van der Waals surface area contributed by atoms with E-state index in [1.54, 1.807) is 0 Å². The molecule has 0 amide bonds. The summed E-state index contributed by atoms with van der Waals surface area (Å²) in [5, 5.41) is 11.5. The number of rotatable bonds is 4. The summed E-state index contributed by atoms with van der Waals surface area (Å²) >= 11 is 0. The van der Waals surface area contributed by atoms with E-state index in [0.29, 0.717) is 12.5 Å². The maximum atomic E-state index is 12.9. The summed E-state index contributed by atoms with van der Waals surface area (Å²) in [7, 11) is 0. The molecule has 2 saturated heterocycles. The van der Waals surface area contributed by atoms with Gasteiger partial charge in [-0.05, 0) is 24.3 Å². The number of carbonyl (C=O) groups excluding carboxylic acids is 1. The van der Waals surface area contributed by atoms with Crippen molar-refractivity contribution in [2.75, 3.05) is 32.7 Å². The Kier molecular flexibility index (Phi) is 5.70. The van der Waals surface area contributed by atoms with Crippen LogP contribution in [0.15, 0.2) is 42.0 Å².